The molecule has 6 nitrogen and oxygen atoms in total. The van der Waals surface area contributed by atoms with E-state index in [1.165, 1.54) is 18.4 Å². The Morgan fingerprint density at radius 1 is 1.13 bits per heavy atom. The first-order chi connectivity index (χ1) is 14.5. The van der Waals surface area contributed by atoms with E-state index in [1.807, 2.05) is 19.2 Å². The van der Waals surface area contributed by atoms with Gasteiger partial charge in [-0.2, -0.15) is 0 Å². The molecule has 0 radical (unpaired) electrons. The summed E-state index contributed by atoms with van der Waals surface area (Å²) in [5.41, 5.74) is 14.7. The van der Waals surface area contributed by atoms with Gasteiger partial charge in [-0.1, -0.05) is 6.07 Å². The van der Waals surface area contributed by atoms with Gasteiger partial charge < -0.3 is 20.9 Å². The molecule has 1 aliphatic carbocycles. The Morgan fingerprint density at radius 2 is 1.87 bits per heavy atom. The summed E-state index contributed by atoms with van der Waals surface area (Å²) in [6, 6.07) is 6.36. The molecule has 2 aliphatic heterocycles. The van der Waals surface area contributed by atoms with Gasteiger partial charge in [0.2, 0.25) is 0 Å². The topological polar surface area (TPSA) is 86.1 Å². The Balaban J connectivity index is 1.35. The van der Waals surface area contributed by atoms with Gasteiger partial charge in [0.1, 0.15) is 5.82 Å². The Hall–Kier alpha value is -2.05. The molecular weight excluding hydrogens is 376 g/mol. The highest BCUT2D eigenvalue weighted by molar-refractivity contribution is 5.74. The molecule has 1 saturated heterocycles. The fourth-order valence-corrected chi connectivity index (χ4v) is 5.13. The number of aliphatic imine (C=N–C) groups is 1. The van der Waals surface area contributed by atoms with Crippen LogP contribution in [0, 0.1) is 5.92 Å². The van der Waals surface area contributed by atoms with Crippen molar-refractivity contribution in [2.24, 2.45) is 22.4 Å². The summed E-state index contributed by atoms with van der Waals surface area (Å²) in [5.74, 6) is 2.78. The largest absolute Gasteiger partial charge is 0.493 e. The van der Waals surface area contributed by atoms with Crippen molar-refractivity contribution in [1.82, 2.24) is 4.90 Å². The molecule has 30 heavy (non-hydrogen) atoms. The number of hydrogen-bond acceptors (Lipinski definition) is 6. The molecular formula is C24H36N4O2. The van der Waals surface area contributed by atoms with Gasteiger partial charge in [-0.3, -0.25) is 4.90 Å². The van der Waals surface area contributed by atoms with E-state index >= 15 is 0 Å². The molecule has 6 heteroatoms. The Bertz CT molecular complexity index is 807. The Morgan fingerprint density at radius 3 is 2.53 bits per heavy atom. The van der Waals surface area contributed by atoms with E-state index in [0.29, 0.717) is 17.8 Å². The lowest BCUT2D eigenvalue weighted by Gasteiger charge is -2.42. The molecule has 1 aromatic rings. The predicted octanol–water partition coefficient (Wildman–Crippen LogP) is 3.59. The molecule has 2 fully saturated rings. The highest BCUT2D eigenvalue weighted by atomic mass is 16.5. The number of ether oxygens (including phenoxy) is 2. The van der Waals surface area contributed by atoms with Gasteiger partial charge >= 0.3 is 0 Å². The van der Waals surface area contributed by atoms with Crippen molar-refractivity contribution >= 4 is 6.21 Å². The number of likely N-dealkylation sites (tertiary alicyclic amines) is 1. The molecule has 1 unspecified atom stereocenters. The third-order valence-corrected chi connectivity index (χ3v) is 7.03. The van der Waals surface area contributed by atoms with Crippen LogP contribution in [-0.2, 0) is 6.54 Å². The highest BCUT2D eigenvalue weighted by Gasteiger charge is 2.37. The number of nitrogens with zero attached hydrogens (tertiary/aromatic N) is 2. The van der Waals surface area contributed by atoms with Crippen LogP contribution >= 0.6 is 0 Å². The Kier molecular flexibility index (Phi) is 6.34. The van der Waals surface area contributed by atoms with Crippen molar-refractivity contribution in [3.05, 3.63) is 35.2 Å². The molecule has 4 N–H and O–H groups in total. The zero-order chi connectivity index (χ0) is 21.1. The molecule has 1 aromatic carbocycles. The lowest BCUT2D eigenvalue weighted by Crippen LogP contribution is -2.53. The summed E-state index contributed by atoms with van der Waals surface area (Å²) in [6.45, 7) is 5.05. The lowest BCUT2D eigenvalue weighted by atomic mass is 9.74. The second kappa shape index (κ2) is 8.98. The van der Waals surface area contributed by atoms with E-state index in [9.17, 15) is 0 Å². The average molecular weight is 413 g/mol. The number of rotatable bonds is 6. The lowest BCUT2D eigenvalue weighted by molar-refractivity contribution is 0.148. The van der Waals surface area contributed by atoms with E-state index in [4.69, 9.17) is 20.9 Å². The van der Waals surface area contributed by atoms with E-state index in [-0.39, 0.29) is 5.54 Å². The number of benzene rings is 1. The monoisotopic (exact) mass is 412 g/mol. The average Bonchev–Trinajstić information content (AvgIpc) is 3.25. The minimum Gasteiger partial charge on any atom is -0.493 e. The third-order valence-electron chi connectivity index (χ3n) is 7.03. The van der Waals surface area contributed by atoms with Gasteiger partial charge in [0.05, 0.1) is 18.8 Å². The normalized spacial score (nSPS) is 26.4. The molecule has 1 saturated carbocycles. The molecule has 4 rings (SSSR count). The number of piperidine rings is 1. The number of methoxy groups -OCH3 is 1. The first-order valence-corrected chi connectivity index (χ1v) is 11.3. The molecule has 164 valence electrons. The SMILES string of the molecule is COc1ccc(CN2CCC(C3(N)C=NC(N)=C(C)C3)CC2)cc1OC1CCCC1. The van der Waals surface area contributed by atoms with Gasteiger partial charge in [0, 0.05) is 12.8 Å². The van der Waals surface area contributed by atoms with E-state index in [1.54, 1.807) is 7.11 Å². The van der Waals surface area contributed by atoms with Crippen LogP contribution in [0.2, 0.25) is 0 Å². The van der Waals surface area contributed by atoms with Gasteiger partial charge in [-0.25, -0.2) is 4.99 Å². The number of nitrogens with two attached hydrogens (primary N) is 2. The predicted molar refractivity (Wildman–Crippen MR) is 121 cm³/mol. The van der Waals surface area contributed by atoms with Crippen LogP contribution in [0.1, 0.15) is 57.4 Å². The zero-order valence-electron chi connectivity index (χ0n) is 18.4. The minimum atomic E-state index is -0.360. The summed E-state index contributed by atoms with van der Waals surface area (Å²) < 4.78 is 11.8. The highest BCUT2D eigenvalue weighted by Crippen LogP contribution is 2.35. The Labute approximate surface area is 180 Å². The van der Waals surface area contributed by atoms with E-state index in [0.717, 1.165) is 68.8 Å². The van der Waals surface area contributed by atoms with Crippen molar-refractivity contribution in [1.29, 1.82) is 0 Å². The van der Waals surface area contributed by atoms with Gasteiger partial charge in [0.25, 0.3) is 0 Å². The molecule has 0 amide bonds. The zero-order valence-corrected chi connectivity index (χ0v) is 18.4. The number of hydrogen-bond donors (Lipinski definition) is 2. The molecule has 3 aliphatic rings. The van der Waals surface area contributed by atoms with Crippen LogP contribution in [0.5, 0.6) is 11.5 Å². The van der Waals surface area contributed by atoms with Gasteiger partial charge in [-0.15, -0.1) is 0 Å². The fraction of sp³-hybridized carbons (Fsp3) is 0.625. The second-order valence-electron chi connectivity index (χ2n) is 9.27. The summed E-state index contributed by atoms with van der Waals surface area (Å²) in [5, 5.41) is 0. The quantitative estimate of drug-likeness (QED) is 0.746. The molecule has 0 spiro atoms. The summed E-state index contributed by atoms with van der Waals surface area (Å²) >= 11 is 0. The standard InChI is InChI=1S/C24H36N4O2/c1-17-14-24(26,16-27-23(17)25)19-9-11-28(12-10-19)15-18-7-8-21(29-2)22(13-18)30-20-5-3-4-6-20/h7-8,13,16,19-20H,3-6,9-12,14-15,25-26H2,1-2H3. The first-order valence-electron chi connectivity index (χ1n) is 11.3. The molecule has 0 bridgehead atoms. The fourth-order valence-electron chi connectivity index (χ4n) is 5.13. The van der Waals surface area contributed by atoms with Crippen LogP contribution in [0.4, 0.5) is 0 Å². The maximum Gasteiger partial charge on any atom is 0.161 e. The maximum absolute atomic E-state index is 6.73. The van der Waals surface area contributed by atoms with E-state index < -0.39 is 0 Å². The maximum atomic E-state index is 6.73. The van der Waals surface area contributed by atoms with Gasteiger partial charge in [0.15, 0.2) is 11.5 Å². The minimum absolute atomic E-state index is 0.328. The van der Waals surface area contributed by atoms with Crippen LogP contribution in [0.15, 0.2) is 34.6 Å². The van der Waals surface area contributed by atoms with Crippen LogP contribution in [0.3, 0.4) is 0 Å². The molecule has 2 heterocycles. The summed E-state index contributed by atoms with van der Waals surface area (Å²) in [6.07, 6.45) is 10.0. The van der Waals surface area contributed by atoms with Crippen molar-refractivity contribution < 1.29 is 9.47 Å². The third kappa shape index (κ3) is 4.65. The smallest absolute Gasteiger partial charge is 0.161 e. The van der Waals surface area contributed by atoms with Crippen LogP contribution < -0.4 is 20.9 Å². The molecule has 0 aromatic heterocycles. The summed E-state index contributed by atoms with van der Waals surface area (Å²) in [4.78, 5) is 6.87. The van der Waals surface area contributed by atoms with Crippen molar-refractivity contribution in [3.8, 4) is 11.5 Å². The summed E-state index contributed by atoms with van der Waals surface area (Å²) in [7, 11) is 1.71. The van der Waals surface area contributed by atoms with Gasteiger partial charge in [-0.05, 0) is 94.1 Å². The molecule has 1 atom stereocenters. The second-order valence-corrected chi connectivity index (χ2v) is 9.27. The van der Waals surface area contributed by atoms with Crippen LogP contribution in [-0.4, -0.2) is 43.0 Å². The van der Waals surface area contributed by atoms with Crippen LogP contribution in [0.25, 0.3) is 0 Å². The van der Waals surface area contributed by atoms with Crippen molar-refractivity contribution in [3.63, 3.8) is 0 Å². The van der Waals surface area contributed by atoms with Crippen molar-refractivity contribution in [2.45, 2.75) is 70.1 Å². The van der Waals surface area contributed by atoms with Crippen molar-refractivity contribution in [2.75, 3.05) is 20.2 Å². The first kappa shape index (κ1) is 21.2. The van der Waals surface area contributed by atoms with E-state index in [2.05, 4.69) is 22.0 Å².